The van der Waals surface area contributed by atoms with E-state index in [0.717, 1.165) is 19.4 Å². The summed E-state index contributed by atoms with van der Waals surface area (Å²) in [5.74, 6) is 0. The van der Waals surface area contributed by atoms with E-state index in [1.54, 1.807) is 0 Å². The highest BCUT2D eigenvalue weighted by atomic mass is 32.2. The first-order valence-corrected chi connectivity index (χ1v) is 7.68. The summed E-state index contributed by atoms with van der Waals surface area (Å²) < 4.78 is 25.2. The summed E-state index contributed by atoms with van der Waals surface area (Å²) >= 11 is 0. The lowest BCUT2D eigenvalue weighted by Gasteiger charge is -2.19. The Bertz CT molecular complexity index is 459. The first-order chi connectivity index (χ1) is 8.04. The lowest BCUT2D eigenvalue weighted by atomic mass is 10.0. The van der Waals surface area contributed by atoms with Crippen molar-refractivity contribution in [3.05, 3.63) is 35.9 Å². The van der Waals surface area contributed by atoms with Crippen LogP contribution in [-0.4, -0.2) is 33.3 Å². The molecule has 0 radical (unpaired) electrons. The fourth-order valence-electron chi connectivity index (χ4n) is 2.27. The highest BCUT2D eigenvalue weighted by molar-refractivity contribution is 7.88. The van der Waals surface area contributed by atoms with Gasteiger partial charge in [0.25, 0.3) is 0 Å². The Labute approximate surface area is 102 Å². The largest absolute Gasteiger partial charge is 0.312 e. The van der Waals surface area contributed by atoms with Crippen LogP contribution >= 0.6 is 0 Å². The molecule has 0 spiro atoms. The van der Waals surface area contributed by atoms with Crippen molar-refractivity contribution >= 4 is 10.0 Å². The van der Waals surface area contributed by atoms with Crippen molar-refractivity contribution in [1.82, 2.24) is 10.0 Å². The fourth-order valence-corrected chi connectivity index (χ4v) is 3.10. The fraction of sp³-hybridized carbons (Fsp3) is 0.500. The topological polar surface area (TPSA) is 58.2 Å². The Morgan fingerprint density at radius 1 is 1.35 bits per heavy atom. The van der Waals surface area contributed by atoms with Crippen LogP contribution in [0.15, 0.2) is 30.3 Å². The Kier molecular flexibility index (Phi) is 3.81. The molecule has 1 aliphatic rings. The van der Waals surface area contributed by atoms with E-state index in [1.807, 2.05) is 18.2 Å². The van der Waals surface area contributed by atoms with Gasteiger partial charge in [-0.05, 0) is 24.9 Å². The molecular weight excluding hydrogens is 236 g/mol. The minimum Gasteiger partial charge on any atom is -0.312 e. The van der Waals surface area contributed by atoms with Gasteiger partial charge in [-0.25, -0.2) is 13.1 Å². The zero-order chi connectivity index (χ0) is 12.3. The number of benzene rings is 1. The molecule has 2 rings (SSSR count). The van der Waals surface area contributed by atoms with Crippen LogP contribution in [-0.2, 0) is 16.4 Å². The van der Waals surface area contributed by atoms with Gasteiger partial charge in [0, 0.05) is 12.1 Å². The maximum absolute atomic E-state index is 11.2. The average Bonchev–Trinajstić information content (AvgIpc) is 2.65. The zero-order valence-electron chi connectivity index (χ0n) is 9.89. The normalized spacial score (nSPS) is 25.0. The molecule has 1 fully saturated rings. The molecular formula is C12H18N2O2S. The first kappa shape index (κ1) is 12.5. The molecule has 0 bridgehead atoms. The standard InChI is InChI=1S/C12H18N2O2S/c1-17(15,16)14-11-7-8-13-12(11)9-10-5-3-2-4-6-10/h2-6,11-14H,7-9H2,1H3. The number of nitrogens with one attached hydrogen (secondary N) is 2. The molecule has 94 valence electrons. The second kappa shape index (κ2) is 5.16. The summed E-state index contributed by atoms with van der Waals surface area (Å²) in [6.45, 7) is 0.866. The zero-order valence-corrected chi connectivity index (χ0v) is 10.7. The van der Waals surface area contributed by atoms with Gasteiger partial charge >= 0.3 is 0 Å². The highest BCUT2D eigenvalue weighted by Crippen LogP contribution is 2.13. The third-order valence-corrected chi connectivity index (χ3v) is 3.74. The van der Waals surface area contributed by atoms with E-state index in [0.29, 0.717) is 0 Å². The van der Waals surface area contributed by atoms with Crippen LogP contribution in [0, 0.1) is 0 Å². The van der Waals surface area contributed by atoms with Crippen molar-refractivity contribution in [2.24, 2.45) is 0 Å². The minimum absolute atomic E-state index is 0.00482. The predicted octanol–water partition coefficient (Wildman–Crippen LogP) is 0.509. The summed E-state index contributed by atoms with van der Waals surface area (Å²) in [5, 5.41) is 3.35. The Balaban J connectivity index is 2.01. The molecule has 1 aromatic carbocycles. The summed E-state index contributed by atoms with van der Waals surface area (Å²) in [7, 11) is -3.12. The molecule has 2 atom stereocenters. The van der Waals surface area contributed by atoms with Crippen LogP contribution < -0.4 is 10.0 Å². The maximum atomic E-state index is 11.2. The van der Waals surface area contributed by atoms with Gasteiger partial charge < -0.3 is 5.32 Å². The Morgan fingerprint density at radius 3 is 2.71 bits per heavy atom. The number of rotatable bonds is 4. The SMILES string of the molecule is CS(=O)(=O)NC1CCNC1Cc1ccccc1. The van der Waals surface area contributed by atoms with E-state index in [1.165, 1.54) is 11.8 Å². The number of sulfonamides is 1. The molecule has 2 N–H and O–H groups in total. The highest BCUT2D eigenvalue weighted by Gasteiger charge is 2.28. The van der Waals surface area contributed by atoms with E-state index < -0.39 is 10.0 Å². The summed E-state index contributed by atoms with van der Waals surface area (Å²) in [4.78, 5) is 0. The molecule has 1 heterocycles. The average molecular weight is 254 g/mol. The molecule has 0 amide bonds. The molecule has 1 aliphatic heterocycles. The molecule has 4 nitrogen and oxygen atoms in total. The second-order valence-corrected chi connectivity index (χ2v) is 6.32. The molecule has 0 saturated carbocycles. The van der Waals surface area contributed by atoms with E-state index in [9.17, 15) is 8.42 Å². The number of hydrogen-bond acceptors (Lipinski definition) is 3. The molecule has 17 heavy (non-hydrogen) atoms. The van der Waals surface area contributed by atoms with Crippen LogP contribution in [0.25, 0.3) is 0 Å². The van der Waals surface area contributed by atoms with Gasteiger partial charge in [-0.1, -0.05) is 30.3 Å². The quantitative estimate of drug-likeness (QED) is 0.823. The lowest BCUT2D eigenvalue weighted by Crippen LogP contribution is -2.44. The van der Waals surface area contributed by atoms with Crippen LogP contribution in [0.4, 0.5) is 0 Å². The van der Waals surface area contributed by atoms with E-state index in [4.69, 9.17) is 0 Å². The van der Waals surface area contributed by atoms with Gasteiger partial charge in [-0.3, -0.25) is 0 Å². The summed E-state index contributed by atoms with van der Waals surface area (Å²) in [5.41, 5.74) is 1.23. The van der Waals surface area contributed by atoms with Crippen molar-refractivity contribution in [1.29, 1.82) is 0 Å². The molecule has 5 heteroatoms. The second-order valence-electron chi connectivity index (χ2n) is 4.54. The van der Waals surface area contributed by atoms with Gasteiger partial charge in [-0.15, -0.1) is 0 Å². The Hall–Kier alpha value is -0.910. The molecule has 2 unspecified atom stereocenters. The van der Waals surface area contributed by atoms with Crippen LogP contribution in [0.2, 0.25) is 0 Å². The van der Waals surface area contributed by atoms with Gasteiger partial charge in [-0.2, -0.15) is 0 Å². The van der Waals surface area contributed by atoms with E-state index >= 15 is 0 Å². The number of hydrogen-bond donors (Lipinski definition) is 2. The lowest BCUT2D eigenvalue weighted by molar-refractivity contribution is 0.494. The van der Waals surface area contributed by atoms with E-state index in [-0.39, 0.29) is 12.1 Å². The van der Waals surface area contributed by atoms with Gasteiger partial charge in [0.05, 0.1) is 6.26 Å². The van der Waals surface area contributed by atoms with Gasteiger partial charge in [0.15, 0.2) is 0 Å². The van der Waals surface area contributed by atoms with Crippen molar-refractivity contribution in [2.75, 3.05) is 12.8 Å². The van der Waals surface area contributed by atoms with Crippen LogP contribution in [0.5, 0.6) is 0 Å². The van der Waals surface area contributed by atoms with Crippen molar-refractivity contribution in [2.45, 2.75) is 24.9 Å². The Morgan fingerprint density at radius 2 is 2.06 bits per heavy atom. The minimum atomic E-state index is -3.12. The van der Waals surface area contributed by atoms with Crippen molar-refractivity contribution in [3.63, 3.8) is 0 Å². The van der Waals surface area contributed by atoms with Gasteiger partial charge in [0.2, 0.25) is 10.0 Å². The smallest absolute Gasteiger partial charge is 0.209 e. The van der Waals surface area contributed by atoms with Crippen molar-refractivity contribution in [3.8, 4) is 0 Å². The first-order valence-electron chi connectivity index (χ1n) is 5.79. The molecule has 0 aromatic heterocycles. The third-order valence-electron chi connectivity index (χ3n) is 3.01. The van der Waals surface area contributed by atoms with Gasteiger partial charge in [0.1, 0.15) is 0 Å². The molecule has 0 aliphatic carbocycles. The summed E-state index contributed by atoms with van der Waals surface area (Å²) in [6, 6.07) is 10.3. The van der Waals surface area contributed by atoms with Crippen molar-refractivity contribution < 1.29 is 8.42 Å². The maximum Gasteiger partial charge on any atom is 0.209 e. The van der Waals surface area contributed by atoms with E-state index in [2.05, 4.69) is 22.2 Å². The summed E-state index contributed by atoms with van der Waals surface area (Å²) in [6.07, 6.45) is 2.92. The molecule has 1 aromatic rings. The predicted molar refractivity (Wildman–Crippen MR) is 68.3 cm³/mol. The van der Waals surface area contributed by atoms with Crippen LogP contribution in [0.3, 0.4) is 0 Å². The van der Waals surface area contributed by atoms with Crippen LogP contribution in [0.1, 0.15) is 12.0 Å². The molecule has 1 saturated heterocycles. The monoisotopic (exact) mass is 254 g/mol. The third kappa shape index (κ3) is 3.80.